The highest BCUT2D eigenvalue weighted by Gasteiger charge is 2.48. The molecule has 1 aliphatic heterocycles. The molecule has 0 amide bonds. The highest BCUT2D eigenvalue weighted by molar-refractivity contribution is 7.87. The van der Waals surface area contributed by atoms with Crippen molar-refractivity contribution in [2.75, 3.05) is 6.61 Å². The van der Waals surface area contributed by atoms with Gasteiger partial charge in [-0.3, -0.25) is 8.98 Å². The van der Waals surface area contributed by atoms with Crippen molar-refractivity contribution in [1.29, 1.82) is 0 Å². The average molecular weight is 392 g/mol. The van der Waals surface area contributed by atoms with Crippen LogP contribution < -0.4 is 0 Å². The van der Waals surface area contributed by atoms with E-state index < -0.39 is 51.8 Å². The minimum Gasteiger partial charge on any atom is -0.460 e. The molecule has 7 nitrogen and oxygen atoms in total. The van der Waals surface area contributed by atoms with E-state index in [-0.39, 0.29) is 12.8 Å². The van der Waals surface area contributed by atoms with Crippen LogP contribution >= 0.6 is 0 Å². The Morgan fingerprint density at radius 1 is 1.16 bits per heavy atom. The van der Waals surface area contributed by atoms with Gasteiger partial charge in [-0.1, -0.05) is 0 Å². The summed E-state index contributed by atoms with van der Waals surface area (Å²) in [4.78, 5) is 11.9. The number of ether oxygens (including phenoxy) is 3. The standard InChI is InChI=1S/C14H23F3O7S/c1-12(2,3)24-11(18)7-9-6-10(23-13(4,5)22-9)8-21-25(19,20)14(15,16)17/h9-10H,6-8H2,1-5H3. The van der Waals surface area contributed by atoms with Gasteiger partial charge in [0.25, 0.3) is 0 Å². The molecule has 1 saturated heterocycles. The molecule has 11 heteroatoms. The average Bonchev–Trinajstić information content (AvgIpc) is 2.30. The summed E-state index contributed by atoms with van der Waals surface area (Å²) < 4.78 is 78.9. The molecule has 0 N–H and O–H groups in total. The van der Waals surface area contributed by atoms with Crippen LogP contribution in [0, 0.1) is 0 Å². The molecule has 2 unspecified atom stereocenters. The van der Waals surface area contributed by atoms with Crippen molar-refractivity contribution in [2.45, 2.75) is 76.6 Å². The molecular formula is C14H23F3O7S. The summed E-state index contributed by atoms with van der Waals surface area (Å²) in [6.45, 7) is 7.24. The Morgan fingerprint density at radius 2 is 1.68 bits per heavy atom. The highest BCUT2D eigenvalue weighted by atomic mass is 32.2. The van der Waals surface area contributed by atoms with Crippen LogP contribution in [0.15, 0.2) is 0 Å². The summed E-state index contributed by atoms with van der Waals surface area (Å²) in [6, 6.07) is 0. The minimum atomic E-state index is -5.71. The van der Waals surface area contributed by atoms with Gasteiger partial charge in [0, 0.05) is 6.42 Å². The Balaban J connectivity index is 2.69. The molecular weight excluding hydrogens is 369 g/mol. The van der Waals surface area contributed by atoms with E-state index in [1.165, 1.54) is 13.8 Å². The molecule has 0 aliphatic carbocycles. The molecule has 1 rings (SSSR count). The van der Waals surface area contributed by atoms with E-state index in [1.54, 1.807) is 20.8 Å². The first-order valence-corrected chi connectivity index (χ1v) is 8.95. The molecule has 1 heterocycles. The first-order chi connectivity index (χ1) is 11.0. The van der Waals surface area contributed by atoms with E-state index in [9.17, 15) is 26.4 Å². The molecule has 25 heavy (non-hydrogen) atoms. The van der Waals surface area contributed by atoms with Crippen LogP contribution in [-0.4, -0.2) is 50.1 Å². The molecule has 0 aromatic heterocycles. The number of alkyl halides is 3. The third kappa shape index (κ3) is 7.47. The lowest BCUT2D eigenvalue weighted by Gasteiger charge is -2.40. The maximum absolute atomic E-state index is 12.3. The Labute approximate surface area is 144 Å². The maximum atomic E-state index is 12.3. The van der Waals surface area contributed by atoms with E-state index in [0.29, 0.717) is 0 Å². The number of carbonyl (C=O) groups is 1. The van der Waals surface area contributed by atoms with Crippen LogP contribution in [-0.2, 0) is 33.3 Å². The third-order valence-electron chi connectivity index (χ3n) is 2.93. The second-order valence-electron chi connectivity index (χ2n) is 7.09. The topological polar surface area (TPSA) is 88.1 Å². The Kier molecular flexibility index (Phi) is 6.53. The summed E-state index contributed by atoms with van der Waals surface area (Å²) in [7, 11) is -5.71. The lowest BCUT2D eigenvalue weighted by molar-refractivity contribution is -0.303. The van der Waals surface area contributed by atoms with Gasteiger partial charge in [0.15, 0.2) is 5.79 Å². The Morgan fingerprint density at radius 3 is 2.16 bits per heavy atom. The minimum absolute atomic E-state index is 0.0178. The smallest absolute Gasteiger partial charge is 0.460 e. The van der Waals surface area contributed by atoms with Crippen LogP contribution in [0.4, 0.5) is 13.2 Å². The van der Waals surface area contributed by atoms with E-state index in [2.05, 4.69) is 4.18 Å². The second-order valence-corrected chi connectivity index (χ2v) is 8.70. The number of esters is 1. The number of rotatable bonds is 5. The van der Waals surface area contributed by atoms with Crippen molar-refractivity contribution in [3.05, 3.63) is 0 Å². The fourth-order valence-corrected chi connectivity index (χ4v) is 2.71. The summed E-state index contributed by atoms with van der Waals surface area (Å²) in [5, 5.41) is 0. The monoisotopic (exact) mass is 392 g/mol. The first kappa shape index (κ1) is 22.1. The largest absolute Gasteiger partial charge is 0.523 e. The molecule has 2 atom stereocenters. The van der Waals surface area contributed by atoms with Crippen LogP contribution in [0.3, 0.4) is 0 Å². The van der Waals surface area contributed by atoms with Gasteiger partial charge in [-0.2, -0.15) is 21.6 Å². The fraction of sp³-hybridized carbons (Fsp3) is 0.929. The molecule has 0 aromatic carbocycles. The van der Waals surface area contributed by atoms with Crippen LogP contribution in [0.25, 0.3) is 0 Å². The zero-order chi connectivity index (χ0) is 19.7. The van der Waals surface area contributed by atoms with Gasteiger partial charge >= 0.3 is 21.6 Å². The first-order valence-electron chi connectivity index (χ1n) is 7.54. The van der Waals surface area contributed by atoms with E-state index in [1.807, 2.05) is 0 Å². The van der Waals surface area contributed by atoms with Crippen molar-refractivity contribution in [3.63, 3.8) is 0 Å². The van der Waals surface area contributed by atoms with Crippen LogP contribution in [0.5, 0.6) is 0 Å². The van der Waals surface area contributed by atoms with Crippen molar-refractivity contribution in [3.8, 4) is 0 Å². The van der Waals surface area contributed by atoms with Gasteiger partial charge in [0.1, 0.15) is 5.60 Å². The fourth-order valence-electron chi connectivity index (χ4n) is 2.25. The number of hydrogen-bond donors (Lipinski definition) is 0. The van der Waals surface area contributed by atoms with Crippen LogP contribution in [0.2, 0.25) is 0 Å². The Hall–Kier alpha value is -0.910. The molecule has 0 aromatic rings. The van der Waals surface area contributed by atoms with Gasteiger partial charge in [0.2, 0.25) is 0 Å². The van der Waals surface area contributed by atoms with Crippen molar-refractivity contribution < 1.29 is 44.8 Å². The number of hydrogen-bond acceptors (Lipinski definition) is 7. The zero-order valence-electron chi connectivity index (χ0n) is 14.7. The summed E-state index contributed by atoms with van der Waals surface area (Å²) >= 11 is 0. The molecule has 0 radical (unpaired) electrons. The SMILES string of the molecule is CC(C)(C)OC(=O)CC1CC(COS(=O)(=O)C(F)(F)F)OC(C)(C)O1. The predicted octanol–water partition coefficient (Wildman–Crippen LogP) is 2.49. The molecule has 0 saturated carbocycles. The summed E-state index contributed by atoms with van der Waals surface area (Å²) in [5.41, 5.74) is -6.20. The van der Waals surface area contributed by atoms with Gasteiger partial charge in [-0.05, 0) is 34.6 Å². The molecule has 0 spiro atoms. The third-order valence-corrected chi connectivity index (χ3v) is 3.95. The van der Waals surface area contributed by atoms with Crippen molar-refractivity contribution in [2.24, 2.45) is 0 Å². The quantitative estimate of drug-likeness (QED) is 0.403. The van der Waals surface area contributed by atoms with Crippen molar-refractivity contribution in [1.82, 2.24) is 0 Å². The second kappa shape index (κ2) is 7.37. The van der Waals surface area contributed by atoms with Gasteiger partial charge < -0.3 is 14.2 Å². The lowest BCUT2D eigenvalue weighted by Crippen LogP contribution is -2.47. The van der Waals surface area contributed by atoms with Gasteiger partial charge in [-0.15, -0.1) is 0 Å². The normalized spacial score (nSPS) is 24.8. The predicted molar refractivity (Wildman–Crippen MR) is 79.8 cm³/mol. The number of carbonyl (C=O) groups excluding carboxylic acids is 1. The molecule has 0 bridgehead atoms. The van der Waals surface area contributed by atoms with Gasteiger partial charge in [0.05, 0.1) is 25.2 Å². The number of halogens is 3. The lowest BCUT2D eigenvalue weighted by atomic mass is 10.1. The maximum Gasteiger partial charge on any atom is 0.523 e. The summed E-state index contributed by atoms with van der Waals surface area (Å²) in [6.07, 6.45) is -1.86. The molecule has 1 fully saturated rings. The Bertz CT molecular complexity index is 578. The molecule has 148 valence electrons. The summed E-state index contributed by atoms with van der Waals surface area (Å²) in [5.74, 6) is -1.77. The van der Waals surface area contributed by atoms with E-state index in [4.69, 9.17) is 14.2 Å². The zero-order valence-corrected chi connectivity index (χ0v) is 15.5. The van der Waals surface area contributed by atoms with E-state index in [0.717, 1.165) is 0 Å². The van der Waals surface area contributed by atoms with Crippen molar-refractivity contribution >= 4 is 16.1 Å². The molecule has 1 aliphatic rings. The van der Waals surface area contributed by atoms with E-state index >= 15 is 0 Å². The highest BCUT2D eigenvalue weighted by Crippen LogP contribution is 2.31. The van der Waals surface area contributed by atoms with Gasteiger partial charge in [-0.25, -0.2) is 0 Å². The van der Waals surface area contributed by atoms with Crippen LogP contribution in [0.1, 0.15) is 47.5 Å².